The van der Waals surface area contributed by atoms with Gasteiger partial charge in [-0.3, -0.25) is 10.1 Å². The third-order valence-electron chi connectivity index (χ3n) is 4.03. The molecule has 3 aromatic rings. The average Bonchev–Trinajstić information content (AvgIpc) is 3.18. The van der Waals surface area contributed by atoms with E-state index in [1.165, 1.54) is 45.6 Å². The molecule has 11 heteroatoms. The van der Waals surface area contributed by atoms with E-state index >= 15 is 0 Å². The van der Waals surface area contributed by atoms with Gasteiger partial charge in [-0.25, -0.2) is 8.42 Å². The Balaban J connectivity index is 1.77. The number of nitrogens with zero attached hydrogens (tertiary/aromatic N) is 2. The molecule has 3 rings (SSSR count). The fourth-order valence-electron chi connectivity index (χ4n) is 2.62. The van der Waals surface area contributed by atoms with Crippen LogP contribution in [0.15, 0.2) is 51.8 Å². The van der Waals surface area contributed by atoms with Crippen LogP contribution in [0.5, 0.6) is 17.2 Å². The topological polar surface area (TPSA) is 130 Å². The first-order valence-corrected chi connectivity index (χ1v) is 10.2. The second kappa shape index (κ2) is 8.82. The van der Waals surface area contributed by atoms with Crippen LogP contribution >= 0.6 is 0 Å². The molecule has 30 heavy (non-hydrogen) atoms. The Morgan fingerprint density at radius 1 is 1.00 bits per heavy atom. The first-order valence-electron chi connectivity index (χ1n) is 8.59. The number of benzene rings is 2. The summed E-state index contributed by atoms with van der Waals surface area (Å²) in [6.45, 7) is 0. The van der Waals surface area contributed by atoms with Gasteiger partial charge in [0.15, 0.2) is 21.3 Å². The summed E-state index contributed by atoms with van der Waals surface area (Å²) in [5, 5.41) is 9.78. The summed E-state index contributed by atoms with van der Waals surface area (Å²) in [6.07, 6.45) is 0. The summed E-state index contributed by atoms with van der Waals surface area (Å²) < 4.78 is 45.7. The zero-order chi connectivity index (χ0) is 21.7. The molecule has 0 aliphatic carbocycles. The lowest BCUT2D eigenvalue weighted by Gasteiger charge is -2.13. The van der Waals surface area contributed by atoms with Crippen LogP contribution in [0.25, 0.3) is 0 Å². The maximum atomic E-state index is 12.6. The molecular formula is C19H19N3O7S. The van der Waals surface area contributed by atoms with Crippen LogP contribution in [0, 0.1) is 0 Å². The molecule has 0 aliphatic rings. The van der Waals surface area contributed by atoms with Crippen molar-refractivity contribution in [3.05, 3.63) is 53.9 Å². The number of hydrogen-bond acceptors (Lipinski definition) is 9. The van der Waals surface area contributed by atoms with Gasteiger partial charge in [0.25, 0.3) is 5.91 Å². The molecule has 1 aromatic heterocycles. The molecule has 0 radical (unpaired) electrons. The van der Waals surface area contributed by atoms with Crippen LogP contribution in [0.1, 0.15) is 16.2 Å². The highest BCUT2D eigenvalue weighted by molar-refractivity contribution is 7.90. The number of carbonyl (C=O) groups is 1. The van der Waals surface area contributed by atoms with E-state index < -0.39 is 21.5 Å². The minimum atomic E-state index is -3.66. The summed E-state index contributed by atoms with van der Waals surface area (Å²) in [6, 6.07) is 10.5. The summed E-state index contributed by atoms with van der Waals surface area (Å²) >= 11 is 0. The minimum absolute atomic E-state index is 0.131. The third-order valence-corrected chi connectivity index (χ3v) is 5.65. The molecule has 158 valence electrons. The van der Waals surface area contributed by atoms with Gasteiger partial charge in [0.05, 0.1) is 26.2 Å². The molecule has 1 amide bonds. The van der Waals surface area contributed by atoms with Crippen molar-refractivity contribution in [1.29, 1.82) is 0 Å². The Labute approximate surface area is 172 Å². The minimum Gasteiger partial charge on any atom is -0.493 e. The third kappa shape index (κ3) is 4.51. The van der Waals surface area contributed by atoms with Gasteiger partial charge in [-0.05, 0) is 24.3 Å². The van der Waals surface area contributed by atoms with E-state index in [0.29, 0.717) is 17.2 Å². The largest absolute Gasteiger partial charge is 0.493 e. The number of sulfone groups is 1. The fourth-order valence-corrected chi connectivity index (χ4v) is 3.80. The quantitative estimate of drug-likeness (QED) is 0.569. The molecule has 0 fully saturated rings. The Hall–Kier alpha value is -3.60. The highest BCUT2D eigenvalue weighted by Gasteiger charge is 2.21. The highest BCUT2D eigenvalue weighted by Crippen LogP contribution is 2.38. The van der Waals surface area contributed by atoms with Crippen molar-refractivity contribution in [2.24, 2.45) is 0 Å². The van der Waals surface area contributed by atoms with E-state index in [2.05, 4.69) is 15.5 Å². The number of anilines is 1. The Kier molecular flexibility index (Phi) is 6.21. The normalized spacial score (nSPS) is 11.0. The Morgan fingerprint density at radius 3 is 2.20 bits per heavy atom. The van der Waals surface area contributed by atoms with E-state index in [9.17, 15) is 13.2 Å². The van der Waals surface area contributed by atoms with Gasteiger partial charge in [0, 0.05) is 5.56 Å². The van der Waals surface area contributed by atoms with Gasteiger partial charge in [-0.1, -0.05) is 23.3 Å². The number of ether oxygens (including phenoxy) is 3. The number of amides is 1. The van der Waals surface area contributed by atoms with E-state index in [0.717, 1.165) is 0 Å². The number of rotatable bonds is 8. The number of methoxy groups -OCH3 is 3. The summed E-state index contributed by atoms with van der Waals surface area (Å²) in [4.78, 5) is 12.7. The first-order chi connectivity index (χ1) is 14.4. The van der Waals surface area contributed by atoms with Crippen molar-refractivity contribution in [1.82, 2.24) is 10.2 Å². The lowest BCUT2D eigenvalue weighted by Crippen LogP contribution is -2.13. The van der Waals surface area contributed by atoms with Crippen LogP contribution in [0.2, 0.25) is 0 Å². The standard InChI is InChI=1S/C19H19N3O7S/c1-26-14-9-12(10-15(27-2)17(14)28-3)18(23)20-19-22-21-16(29-19)11-30(24,25)13-7-5-4-6-8-13/h4-10H,11H2,1-3H3,(H,20,22,23). The molecule has 2 aromatic carbocycles. The lowest BCUT2D eigenvalue weighted by molar-refractivity contribution is 0.102. The van der Waals surface area contributed by atoms with Crippen molar-refractivity contribution in [3.63, 3.8) is 0 Å². The molecule has 0 bridgehead atoms. The Bertz CT molecular complexity index is 1120. The first kappa shape index (κ1) is 21.1. The van der Waals surface area contributed by atoms with Crippen LogP contribution in [-0.4, -0.2) is 45.9 Å². The predicted molar refractivity (Wildman–Crippen MR) is 106 cm³/mol. The van der Waals surface area contributed by atoms with Crippen LogP contribution in [0.3, 0.4) is 0 Å². The highest BCUT2D eigenvalue weighted by atomic mass is 32.2. The van der Waals surface area contributed by atoms with E-state index in [1.54, 1.807) is 18.2 Å². The maximum absolute atomic E-state index is 12.6. The van der Waals surface area contributed by atoms with Gasteiger partial charge >= 0.3 is 6.01 Å². The molecule has 0 saturated carbocycles. The zero-order valence-electron chi connectivity index (χ0n) is 16.4. The van der Waals surface area contributed by atoms with Crippen LogP contribution in [0.4, 0.5) is 6.01 Å². The number of nitrogens with one attached hydrogen (secondary N) is 1. The van der Waals surface area contributed by atoms with Crippen LogP contribution < -0.4 is 19.5 Å². The molecule has 0 aliphatic heterocycles. The van der Waals surface area contributed by atoms with Crippen molar-refractivity contribution in [2.45, 2.75) is 10.6 Å². The molecule has 1 N–H and O–H groups in total. The molecular weight excluding hydrogens is 414 g/mol. The predicted octanol–water partition coefficient (Wildman–Crippen LogP) is 2.32. The van der Waals surface area contributed by atoms with E-state index in [-0.39, 0.29) is 22.4 Å². The smallest absolute Gasteiger partial charge is 0.322 e. The van der Waals surface area contributed by atoms with Gasteiger partial charge in [0.1, 0.15) is 5.75 Å². The monoisotopic (exact) mass is 433 g/mol. The van der Waals surface area contributed by atoms with Crippen molar-refractivity contribution in [2.75, 3.05) is 26.6 Å². The summed E-state index contributed by atoms with van der Waals surface area (Å²) in [5.41, 5.74) is 0.182. The van der Waals surface area contributed by atoms with Gasteiger partial charge < -0.3 is 18.6 Å². The molecule has 1 heterocycles. The molecule has 0 spiro atoms. The average molecular weight is 433 g/mol. The second-order valence-electron chi connectivity index (χ2n) is 5.94. The van der Waals surface area contributed by atoms with Crippen molar-refractivity contribution in [3.8, 4) is 17.2 Å². The number of aromatic nitrogens is 2. The Morgan fingerprint density at radius 2 is 1.63 bits per heavy atom. The fraction of sp³-hybridized carbons (Fsp3) is 0.211. The van der Waals surface area contributed by atoms with Gasteiger partial charge in [-0.15, -0.1) is 5.10 Å². The number of carbonyl (C=O) groups excluding carboxylic acids is 1. The SMILES string of the molecule is COc1cc(C(=O)Nc2nnc(CS(=O)(=O)c3ccccc3)o2)cc(OC)c1OC. The maximum Gasteiger partial charge on any atom is 0.322 e. The van der Waals surface area contributed by atoms with Crippen molar-refractivity contribution >= 4 is 21.8 Å². The summed E-state index contributed by atoms with van der Waals surface area (Å²) in [5.74, 6) is -0.314. The molecule has 0 atom stereocenters. The zero-order valence-corrected chi connectivity index (χ0v) is 17.2. The van der Waals surface area contributed by atoms with Gasteiger partial charge in [0.2, 0.25) is 11.6 Å². The second-order valence-corrected chi connectivity index (χ2v) is 7.93. The van der Waals surface area contributed by atoms with Crippen molar-refractivity contribution < 1.29 is 31.8 Å². The number of hydrogen-bond donors (Lipinski definition) is 1. The van der Waals surface area contributed by atoms with Crippen LogP contribution in [-0.2, 0) is 15.6 Å². The summed E-state index contributed by atoms with van der Waals surface area (Å²) in [7, 11) is 0.640. The molecule has 10 nitrogen and oxygen atoms in total. The molecule has 0 unspecified atom stereocenters. The van der Waals surface area contributed by atoms with E-state index in [4.69, 9.17) is 18.6 Å². The lowest BCUT2D eigenvalue weighted by atomic mass is 10.1. The van der Waals surface area contributed by atoms with Gasteiger partial charge in [-0.2, -0.15) is 0 Å². The van der Waals surface area contributed by atoms with E-state index in [1.807, 2.05) is 0 Å². The molecule has 0 saturated heterocycles.